The molecule has 0 saturated carbocycles. The molecule has 2 amide bonds. The smallest absolute Gasteiger partial charge is 0.410 e. The summed E-state index contributed by atoms with van der Waals surface area (Å²) in [4.78, 5) is 28.2. The molecule has 0 aliphatic carbocycles. The van der Waals surface area contributed by atoms with Crippen LogP contribution in [-0.4, -0.2) is 59.6 Å². The molecule has 1 atom stereocenters. The number of ether oxygens (including phenoxy) is 1. The van der Waals surface area contributed by atoms with E-state index < -0.39 is 5.60 Å². The summed E-state index contributed by atoms with van der Waals surface area (Å²) in [5, 5.41) is 2.91. The van der Waals surface area contributed by atoms with E-state index in [2.05, 4.69) is 32.8 Å². The molecule has 1 aromatic rings. The molecule has 1 fully saturated rings. The number of anilines is 1. The molecular weight excluding hydrogens is 433 g/mol. The fraction of sp³-hybridized carbons (Fsp3) is 0.556. The van der Waals surface area contributed by atoms with Crippen LogP contribution < -0.4 is 5.32 Å². The number of rotatable bonds is 3. The third-order valence-electron chi connectivity index (χ3n) is 3.89. The Morgan fingerprint density at radius 1 is 1.24 bits per heavy atom. The van der Waals surface area contributed by atoms with Crippen molar-refractivity contribution < 1.29 is 14.3 Å². The van der Waals surface area contributed by atoms with Gasteiger partial charge >= 0.3 is 6.09 Å². The summed E-state index contributed by atoms with van der Waals surface area (Å²) in [6, 6.07) is 7.80. The van der Waals surface area contributed by atoms with Crippen molar-refractivity contribution in [3.05, 3.63) is 27.8 Å². The van der Waals surface area contributed by atoms with Crippen LogP contribution in [0.25, 0.3) is 0 Å². The lowest BCUT2D eigenvalue weighted by Gasteiger charge is -2.39. The van der Waals surface area contributed by atoms with E-state index in [1.54, 1.807) is 4.90 Å². The number of piperazine rings is 1. The van der Waals surface area contributed by atoms with Crippen LogP contribution in [0.3, 0.4) is 0 Å². The van der Waals surface area contributed by atoms with Gasteiger partial charge in [0.2, 0.25) is 5.91 Å². The number of carbonyl (C=O) groups is 2. The summed E-state index contributed by atoms with van der Waals surface area (Å²) in [6.07, 6.45) is -0.289. The molecule has 7 heteroatoms. The quantitative estimate of drug-likeness (QED) is 0.706. The zero-order valence-corrected chi connectivity index (χ0v) is 17.4. The van der Waals surface area contributed by atoms with E-state index in [4.69, 9.17) is 4.74 Å². The van der Waals surface area contributed by atoms with Crippen molar-refractivity contribution in [1.29, 1.82) is 0 Å². The Hall–Kier alpha value is -1.35. The van der Waals surface area contributed by atoms with Gasteiger partial charge in [-0.3, -0.25) is 9.69 Å². The zero-order valence-electron chi connectivity index (χ0n) is 15.2. The molecule has 1 N–H and O–H groups in total. The van der Waals surface area contributed by atoms with Crippen LogP contribution in [0.1, 0.15) is 27.7 Å². The minimum atomic E-state index is -0.495. The summed E-state index contributed by atoms with van der Waals surface area (Å²) in [7, 11) is 0. The lowest BCUT2D eigenvalue weighted by atomic mass is 10.2. The first-order valence-corrected chi connectivity index (χ1v) is 9.49. The van der Waals surface area contributed by atoms with Gasteiger partial charge in [-0.2, -0.15) is 0 Å². The Balaban J connectivity index is 1.83. The Kier molecular flexibility index (Phi) is 6.67. The van der Waals surface area contributed by atoms with Crippen LogP contribution in [0.4, 0.5) is 10.5 Å². The lowest BCUT2D eigenvalue weighted by molar-refractivity contribution is -0.118. The predicted octanol–water partition coefficient (Wildman–Crippen LogP) is 3.17. The van der Waals surface area contributed by atoms with Crippen LogP contribution in [0, 0.1) is 3.57 Å². The van der Waals surface area contributed by atoms with E-state index in [1.807, 2.05) is 52.0 Å². The molecule has 1 aliphatic rings. The van der Waals surface area contributed by atoms with Crippen LogP contribution in [-0.2, 0) is 9.53 Å². The molecule has 1 aliphatic heterocycles. The van der Waals surface area contributed by atoms with Crippen molar-refractivity contribution in [2.24, 2.45) is 0 Å². The van der Waals surface area contributed by atoms with Crippen LogP contribution in [0.5, 0.6) is 0 Å². The first-order chi connectivity index (χ1) is 11.6. The van der Waals surface area contributed by atoms with Gasteiger partial charge in [-0.05, 0) is 74.6 Å². The third-order valence-corrected chi connectivity index (χ3v) is 4.61. The molecule has 1 aromatic carbocycles. The maximum absolute atomic E-state index is 12.3. The summed E-state index contributed by atoms with van der Waals surface area (Å²) in [5.74, 6) is -0.0428. The van der Waals surface area contributed by atoms with Gasteiger partial charge < -0.3 is 15.0 Å². The van der Waals surface area contributed by atoms with Crippen LogP contribution in [0.15, 0.2) is 24.3 Å². The van der Waals surface area contributed by atoms with Gasteiger partial charge in [0.1, 0.15) is 5.60 Å². The average molecular weight is 459 g/mol. The van der Waals surface area contributed by atoms with Crippen molar-refractivity contribution >= 4 is 40.3 Å². The topological polar surface area (TPSA) is 61.9 Å². The maximum Gasteiger partial charge on any atom is 0.410 e. The highest BCUT2D eigenvalue weighted by Gasteiger charge is 2.30. The molecule has 25 heavy (non-hydrogen) atoms. The number of benzene rings is 1. The number of halogens is 1. The number of amides is 2. The van der Waals surface area contributed by atoms with E-state index in [0.717, 1.165) is 9.26 Å². The van der Waals surface area contributed by atoms with Crippen molar-refractivity contribution in [2.45, 2.75) is 39.3 Å². The molecule has 0 aromatic heterocycles. The van der Waals surface area contributed by atoms with Crippen molar-refractivity contribution in [3.63, 3.8) is 0 Å². The molecule has 1 heterocycles. The number of hydrogen-bond acceptors (Lipinski definition) is 4. The highest BCUT2D eigenvalue weighted by atomic mass is 127. The summed E-state index contributed by atoms with van der Waals surface area (Å²) >= 11 is 2.23. The number of nitrogens with one attached hydrogen (secondary N) is 1. The minimum absolute atomic E-state index is 0.0428. The standard InChI is InChI=1S/C18H26IN3O3/c1-13-11-22(17(24)25-18(2,3)4)10-9-21(13)12-16(23)20-15-7-5-14(19)6-8-15/h5-8,13H,9-12H2,1-4H3,(H,20,23)/t13-/m0/s1. The SMILES string of the molecule is C[C@H]1CN(C(=O)OC(C)(C)C)CCN1CC(=O)Nc1ccc(I)cc1. The van der Waals surface area contributed by atoms with Gasteiger partial charge in [0, 0.05) is 34.9 Å². The van der Waals surface area contributed by atoms with E-state index in [0.29, 0.717) is 26.2 Å². The van der Waals surface area contributed by atoms with Gasteiger partial charge in [-0.25, -0.2) is 4.79 Å². The first kappa shape index (κ1) is 20.0. The van der Waals surface area contributed by atoms with Crippen molar-refractivity contribution in [2.75, 3.05) is 31.5 Å². The van der Waals surface area contributed by atoms with Gasteiger partial charge in [-0.15, -0.1) is 0 Å². The highest BCUT2D eigenvalue weighted by molar-refractivity contribution is 14.1. The Morgan fingerprint density at radius 2 is 1.88 bits per heavy atom. The van der Waals surface area contributed by atoms with Gasteiger partial charge in [0.05, 0.1) is 6.54 Å². The summed E-state index contributed by atoms with van der Waals surface area (Å²) < 4.78 is 6.55. The molecule has 138 valence electrons. The normalized spacial score (nSPS) is 18.8. The second-order valence-corrected chi connectivity index (χ2v) is 8.55. The minimum Gasteiger partial charge on any atom is -0.444 e. The number of nitrogens with zero attached hydrogens (tertiary/aromatic N) is 2. The predicted molar refractivity (Wildman–Crippen MR) is 107 cm³/mol. The first-order valence-electron chi connectivity index (χ1n) is 8.41. The molecule has 1 saturated heterocycles. The summed E-state index contributed by atoms with van der Waals surface area (Å²) in [6.45, 7) is 9.70. The molecular formula is C18H26IN3O3. The van der Waals surface area contributed by atoms with E-state index in [-0.39, 0.29) is 18.0 Å². The monoisotopic (exact) mass is 459 g/mol. The Bertz CT molecular complexity index is 613. The fourth-order valence-electron chi connectivity index (χ4n) is 2.64. The third kappa shape index (κ3) is 6.47. The zero-order chi connectivity index (χ0) is 18.6. The highest BCUT2D eigenvalue weighted by Crippen LogP contribution is 2.15. The van der Waals surface area contributed by atoms with Crippen molar-refractivity contribution in [3.8, 4) is 0 Å². The summed E-state index contributed by atoms with van der Waals surface area (Å²) in [5.41, 5.74) is 0.302. The molecule has 0 radical (unpaired) electrons. The van der Waals surface area contributed by atoms with E-state index in [1.165, 1.54) is 0 Å². The lowest BCUT2D eigenvalue weighted by Crippen LogP contribution is -2.55. The van der Waals surface area contributed by atoms with Crippen LogP contribution in [0.2, 0.25) is 0 Å². The van der Waals surface area contributed by atoms with E-state index in [9.17, 15) is 9.59 Å². The van der Waals surface area contributed by atoms with Gasteiger partial charge in [0.15, 0.2) is 0 Å². The van der Waals surface area contributed by atoms with Gasteiger partial charge in [0.25, 0.3) is 0 Å². The van der Waals surface area contributed by atoms with Gasteiger partial charge in [-0.1, -0.05) is 0 Å². The average Bonchev–Trinajstić information content (AvgIpc) is 2.50. The van der Waals surface area contributed by atoms with Crippen LogP contribution >= 0.6 is 22.6 Å². The number of carbonyl (C=O) groups excluding carboxylic acids is 2. The number of hydrogen-bond donors (Lipinski definition) is 1. The Morgan fingerprint density at radius 3 is 2.44 bits per heavy atom. The second-order valence-electron chi connectivity index (χ2n) is 7.30. The molecule has 2 rings (SSSR count). The molecule has 0 bridgehead atoms. The second kappa shape index (κ2) is 8.35. The molecule has 0 spiro atoms. The maximum atomic E-state index is 12.3. The van der Waals surface area contributed by atoms with E-state index >= 15 is 0 Å². The van der Waals surface area contributed by atoms with Crippen molar-refractivity contribution in [1.82, 2.24) is 9.80 Å². The molecule has 0 unspecified atom stereocenters. The largest absolute Gasteiger partial charge is 0.444 e. The molecule has 6 nitrogen and oxygen atoms in total. The fourth-order valence-corrected chi connectivity index (χ4v) is 3.00. The Labute approximate surface area is 163 Å².